The number of amides is 3. The molecule has 7 nitrogen and oxygen atoms in total. The quantitative estimate of drug-likeness (QED) is 0.638. The number of hydrogen-bond donors (Lipinski definition) is 3. The van der Waals surface area contributed by atoms with Crippen LogP contribution in [0.2, 0.25) is 0 Å². The highest BCUT2D eigenvalue weighted by Gasteiger charge is 2.34. The average molecular weight is 287 g/mol. The molecule has 0 aliphatic heterocycles. The van der Waals surface area contributed by atoms with Crippen molar-refractivity contribution < 1.29 is 19.5 Å². The highest BCUT2D eigenvalue weighted by Crippen LogP contribution is 2.13. The molecular weight excluding hydrogens is 262 g/mol. The number of hydrogen-bond acceptors (Lipinski definition) is 4. The molecule has 116 valence electrons. The van der Waals surface area contributed by atoms with Crippen LogP contribution < -0.4 is 10.6 Å². The summed E-state index contributed by atoms with van der Waals surface area (Å²) in [5.74, 6) is -1.26. The molecule has 0 rings (SSSR count). The Kier molecular flexibility index (Phi) is 7.20. The van der Waals surface area contributed by atoms with Crippen LogP contribution in [0.5, 0.6) is 0 Å². The van der Waals surface area contributed by atoms with Gasteiger partial charge in [-0.15, -0.1) is 0 Å². The van der Waals surface area contributed by atoms with Gasteiger partial charge in [-0.3, -0.25) is 19.8 Å². The summed E-state index contributed by atoms with van der Waals surface area (Å²) in [5, 5.41) is 13.9. The molecule has 0 atom stereocenters. The normalized spacial score (nSPS) is 11.6. The number of aliphatic carboxylic acids is 1. The molecule has 20 heavy (non-hydrogen) atoms. The lowest BCUT2D eigenvalue weighted by Crippen LogP contribution is -2.54. The molecule has 3 amide bonds. The second-order valence-electron chi connectivity index (χ2n) is 5.53. The van der Waals surface area contributed by atoms with Gasteiger partial charge in [-0.1, -0.05) is 20.8 Å². The maximum Gasteiger partial charge on any atom is 0.323 e. The minimum absolute atomic E-state index is 0.148. The molecule has 0 saturated carbocycles. The number of carbonyl (C=O) groups excluding carboxylic acids is 2. The summed E-state index contributed by atoms with van der Waals surface area (Å²) in [7, 11) is 0. The van der Waals surface area contributed by atoms with Gasteiger partial charge >= 0.3 is 12.0 Å². The summed E-state index contributed by atoms with van der Waals surface area (Å²) in [5.41, 5.74) is -1.17. The largest absolute Gasteiger partial charge is 0.480 e. The highest BCUT2D eigenvalue weighted by atomic mass is 16.4. The molecule has 0 radical (unpaired) electrons. The Balaban J connectivity index is 4.43. The molecule has 7 heteroatoms. The molecular formula is C13H25N3O4. The molecule has 0 unspecified atom stereocenters. The number of carbonyl (C=O) groups is 3. The van der Waals surface area contributed by atoms with E-state index in [2.05, 4.69) is 10.6 Å². The molecule has 0 heterocycles. The van der Waals surface area contributed by atoms with E-state index in [1.807, 2.05) is 13.8 Å². The predicted octanol–water partition coefficient (Wildman–Crippen LogP) is 0.653. The fourth-order valence-corrected chi connectivity index (χ4v) is 1.52. The van der Waals surface area contributed by atoms with Gasteiger partial charge in [0.25, 0.3) is 0 Å². The van der Waals surface area contributed by atoms with Crippen molar-refractivity contribution in [2.45, 2.75) is 40.2 Å². The molecule has 0 fully saturated rings. The van der Waals surface area contributed by atoms with Gasteiger partial charge in [-0.25, -0.2) is 4.79 Å². The summed E-state index contributed by atoms with van der Waals surface area (Å²) in [6, 6.07) is -0.562. The Morgan fingerprint density at radius 3 is 2.20 bits per heavy atom. The summed E-state index contributed by atoms with van der Waals surface area (Å²) < 4.78 is 0. The van der Waals surface area contributed by atoms with Gasteiger partial charge in [-0.2, -0.15) is 0 Å². The van der Waals surface area contributed by atoms with Crippen LogP contribution in [0, 0.1) is 5.92 Å². The first-order valence-electron chi connectivity index (χ1n) is 6.67. The van der Waals surface area contributed by atoms with Crippen molar-refractivity contribution in [2.75, 3.05) is 19.6 Å². The zero-order chi connectivity index (χ0) is 15.9. The zero-order valence-electron chi connectivity index (χ0n) is 12.8. The van der Waals surface area contributed by atoms with Crippen molar-refractivity contribution in [1.29, 1.82) is 0 Å². The maximum atomic E-state index is 11.7. The summed E-state index contributed by atoms with van der Waals surface area (Å²) in [6.45, 7) is 9.39. The maximum absolute atomic E-state index is 11.7. The SMILES string of the molecule is CCN(CC(=O)NC(=O)NCC(C)C)C(C)(C)C(=O)O. The van der Waals surface area contributed by atoms with Gasteiger partial charge < -0.3 is 10.4 Å². The van der Waals surface area contributed by atoms with Crippen LogP contribution >= 0.6 is 0 Å². The van der Waals surface area contributed by atoms with E-state index in [9.17, 15) is 14.4 Å². The van der Waals surface area contributed by atoms with Crippen LogP contribution in [0.4, 0.5) is 4.79 Å². The van der Waals surface area contributed by atoms with Crippen LogP contribution in [0.15, 0.2) is 0 Å². The van der Waals surface area contributed by atoms with Gasteiger partial charge in [0.15, 0.2) is 0 Å². The Morgan fingerprint density at radius 1 is 1.25 bits per heavy atom. The second-order valence-corrected chi connectivity index (χ2v) is 5.53. The standard InChI is InChI=1S/C13H25N3O4/c1-6-16(13(4,5)11(18)19)8-10(17)15-12(20)14-7-9(2)3/h9H,6-8H2,1-5H3,(H,18,19)(H2,14,15,17,20). The molecule has 0 aromatic carbocycles. The molecule has 3 N–H and O–H groups in total. The van der Waals surface area contributed by atoms with Crippen molar-refractivity contribution in [2.24, 2.45) is 5.92 Å². The number of imide groups is 1. The highest BCUT2D eigenvalue weighted by molar-refractivity contribution is 5.95. The van der Waals surface area contributed by atoms with Crippen LogP contribution in [0.25, 0.3) is 0 Å². The molecule has 0 aliphatic carbocycles. The first-order valence-corrected chi connectivity index (χ1v) is 6.67. The number of urea groups is 1. The third-order valence-electron chi connectivity index (χ3n) is 2.95. The van der Waals surface area contributed by atoms with Crippen LogP contribution in [0.3, 0.4) is 0 Å². The van der Waals surface area contributed by atoms with Crippen LogP contribution in [0.1, 0.15) is 34.6 Å². The molecule has 0 aliphatic rings. The first kappa shape index (κ1) is 18.4. The molecule has 0 aromatic rings. The first-order chi connectivity index (χ1) is 9.11. The van der Waals surface area contributed by atoms with Gasteiger partial charge in [0.2, 0.25) is 5.91 Å². The Hall–Kier alpha value is -1.63. The lowest BCUT2D eigenvalue weighted by atomic mass is 10.0. The zero-order valence-corrected chi connectivity index (χ0v) is 12.8. The second kappa shape index (κ2) is 7.84. The Bertz CT molecular complexity index is 367. The van der Waals surface area contributed by atoms with Gasteiger partial charge in [0.1, 0.15) is 5.54 Å². The third-order valence-corrected chi connectivity index (χ3v) is 2.95. The van der Waals surface area contributed by atoms with Crippen molar-refractivity contribution >= 4 is 17.9 Å². The topological polar surface area (TPSA) is 98.7 Å². The predicted molar refractivity (Wildman–Crippen MR) is 75.3 cm³/mol. The molecule has 0 saturated heterocycles. The van der Waals surface area contributed by atoms with E-state index in [1.165, 1.54) is 18.7 Å². The third kappa shape index (κ3) is 6.01. The van der Waals surface area contributed by atoms with Crippen LogP contribution in [-0.4, -0.2) is 53.1 Å². The monoisotopic (exact) mass is 287 g/mol. The van der Waals surface area contributed by atoms with Gasteiger partial charge in [0, 0.05) is 6.54 Å². The smallest absolute Gasteiger partial charge is 0.323 e. The summed E-state index contributed by atoms with van der Waals surface area (Å²) in [6.07, 6.45) is 0. The van der Waals surface area contributed by atoms with Crippen LogP contribution in [-0.2, 0) is 9.59 Å². The van der Waals surface area contributed by atoms with E-state index < -0.39 is 23.4 Å². The number of carboxylic acids is 1. The summed E-state index contributed by atoms with van der Waals surface area (Å²) in [4.78, 5) is 35.8. The van der Waals surface area contributed by atoms with E-state index >= 15 is 0 Å². The minimum Gasteiger partial charge on any atom is -0.480 e. The van der Waals surface area contributed by atoms with Gasteiger partial charge in [0.05, 0.1) is 6.54 Å². The van der Waals surface area contributed by atoms with Crippen molar-refractivity contribution in [1.82, 2.24) is 15.5 Å². The lowest BCUT2D eigenvalue weighted by molar-refractivity contribution is -0.149. The number of likely N-dealkylation sites (N-methyl/N-ethyl adjacent to an activating group) is 1. The number of rotatable bonds is 7. The minimum atomic E-state index is -1.17. The Labute approximate surface area is 119 Å². The Morgan fingerprint density at radius 2 is 1.80 bits per heavy atom. The van der Waals surface area contributed by atoms with E-state index in [4.69, 9.17) is 5.11 Å². The summed E-state index contributed by atoms with van der Waals surface area (Å²) >= 11 is 0. The van der Waals surface area contributed by atoms with E-state index in [0.29, 0.717) is 13.1 Å². The van der Waals surface area contributed by atoms with E-state index in [-0.39, 0.29) is 12.5 Å². The number of nitrogens with one attached hydrogen (secondary N) is 2. The molecule has 0 spiro atoms. The molecule has 0 bridgehead atoms. The fraction of sp³-hybridized carbons (Fsp3) is 0.769. The van der Waals surface area contributed by atoms with Crippen molar-refractivity contribution in [3.8, 4) is 0 Å². The number of carboxylic acid groups (broad SMARTS) is 1. The fourth-order valence-electron chi connectivity index (χ4n) is 1.52. The lowest BCUT2D eigenvalue weighted by Gasteiger charge is -2.33. The van der Waals surface area contributed by atoms with E-state index in [1.54, 1.807) is 6.92 Å². The number of nitrogens with zero attached hydrogens (tertiary/aromatic N) is 1. The van der Waals surface area contributed by atoms with Crippen molar-refractivity contribution in [3.63, 3.8) is 0 Å². The van der Waals surface area contributed by atoms with Gasteiger partial charge in [-0.05, 0) is 26.3 Å². The average Bonchev–Trinajstić information content (AvgIpc) is 2.32. The molecule has 0 aromatic heterocycles. The van der Waals surface area contributed by atoms with Crippen molar-refractivity contribution in [3.05, 3.63) is 0 Å². The van der Waals surface area contributed by atoms with E-state index in [0.717, 1.165) is 0 Å².